The molecular weight excluding hydrogens is 460 g/mol. The molecule has 0 unspecified atom stereocenters. The van der Waals surface area contributed by atoms with Crippen molar-refractivity contribution < 1.29 is 22.8 Å². The summed E-state index contributed by atoms with van der Waals surface area (Å²) in [5.41, 5.74) is 2.98. The second-order valence-electron chi connectivity index (χ2n) is 7.29. The largest absolute Gasteiger partial charge is 0.493 e. The van der Waals surface area contributed by atoms with Gasteiger partial charge < -0.3 is 9.47 Å². The van der Waals surface area contributed by atoms with Crippen LogP contribution < -0.4 is 14.9 Å². The Morgan fingerprint density at radius 1 is 1.03 bits per heavy atom. The van der Waals surface area contributed by atoms with Crippen molar-refractivity contribution in [2.45, 2.75) is 45.4 Å². The highest BCUT2D eigenvalue weighted by Gasteiger charge is 2.25. The van der Waals surface area contributed by atoms with Crippen molar-refractivity contribution in [3.8, 4) is 11.5 Å². The van der Waals surface area contributed by atoms with E-state index in [1.807, 2.05) is 13.8 Å². The number of hydrogen-bond acceptors (Lipinski definition) is 8. The first kappa shape index (κ1) is 27.1. The summed E-state index contributed by atoms with van der Waals surface area (Å²) in [6.45, 7) is 9.07. The molecule has 10 nitrogen and oxygen atoms in total. The Kier molecular flexibility index (Phi) is 10.3. The lowest BCUT2D eigenvalue weighted by Crippen LogP contribution is -2.30. The minimum Gasteiger partial charge on any atom is -0.493 e. The predicted molar refractivity (Wildman–Crippen MR) is 132 cm³/mol. The molecule has 1 N–H and O–H groups in total. The maximum atomic E-state index is 12.7. The van der Waals surface area contributed by atoms with Crippen LogP contribution in [0.4, 0.5) is 11.4 Å². The van der Waals surface area contributed by atoms with Gasteiger partial charge in [0.25, 0.3) is 5.69 Å². The van der Waals surface area contributed by atoms with E-state index in [4.69, 9.17) is 9.47 Å². The molecule has 0 spiro atoms. The number of rotatable bonds is 14. The van der Waals surface area contributed by atoms with Crippen LogP contribution >= 0.6 is 0 Å². The van der Waals surface area contributed by atoms with Gasteiger partial charge in [-0.15, -0.1) is 0 Å². The summed E-state index contributed by atoms with van der Waals surface area (Å²) in [5.74, 6) is 1.26. The average molecular weight is 493 g/mol. The fourth-order valence-corrected chi connectivity index (χ4v) is 4.55. The third-order valence-electron chi connectivity index (χ3n) is 4.82. The van der Waals surface area contributed by atoms with E-state index < -0.39 is 20.6 Å². The first-order chi connectivity index (χ1) is 16.3. The average Bonchev–Trinajstić information content (AvgIpc) is 2.82. The molecule has 2 rings (SSSR count). The van der Waals surface area contributed by atoms with Gasteiger partial charge in [0.2, 0.25) is 10.0 Å². The molecule has 0 aromatic heterocycles. The van der Waals surface area contributed by atoms with Crippen molar-refractivity contribution in [3.05, 3.63) is 52.1 Å². The zero-order valence-electron chi connectivity index (χ0n) is 20.0. The summed E-state index contributed by atoms with van der Waals surface area (Å²) in [6.07, 6.45) is 3.19. The van der Waals surface area contributed by atoms with Crippen LogP contribution in [0.3, 0.4) is 0 Å². The Labute approximate surface area is 200 Å². The molecule has 0 aliphatic heterocycles. The molecule has 186 valence electrons. The van der Waals surface area contributed by atoms with Crippen LogP contribution in [0.1, 0.15) is 46.1 Å². The molecule has 0 bridgehead atoms. The lowest BCUT2D eigenvalue weighted by atomic mass is 10.2. The van der Waals surface area contributed by atoms with Crippen molar-refractivity contribution >= 4 is 27.6 Å². The molecule has 0 radical (unpaired) electrons. The summed E-state index contributed by atoms with van der Waals surface area (Å²) in [6, 6.07) is 9.07. The van der Waals surface area contributed by atoms with Crippen molar-refractivity contribution in [1.29, 1.82) is 0 Å². The van der Waals surface area contributed by atoms with E-state index in [0.29, 0.717) is 30.3 Å². The first-order valence-electron chi connectivity index (χ1n) is 11.3. The van der Waals surface area contributed by atoms with Crippen molar-refractivity contribution in [2.24, 2.45) is 5.10 Å². The number of benzene rings is 2. The van der Waals surface area contributed by atoms with E-state index in [1.54, 1.807) is 32.0 Å². The molecule has 0 aliphatic rings. The van der Waals surface area contributed by atoms with E-state index in [-0.39, 0.29) is 23.7 Å². The molecule has 2 aromatic carbocycles. The summed E-state index contributed by atoms with van der Waals surface area (Å²) < 4.78 is 38.1. The highest BCUT2D eigenvalue weighted by atomic mass is 32.2. The van der Waals surface area contributed by atoms with Gasteiger partial charge in [-0.25, -0.2) is 8.42 Å². The minimum atomic E-state index is -3.83. The molecule has 0 atom stereocenters. The Morgan fingerprint density at radius 3 is 2.32 bits per heavy atom. The van der Waals surface area contributed by atoms with E-state index in [1.165, 1.54) is 22.7 Å². The van der Waals surface area contributed by atoms with Crippen LogP contribution in [0.15, 0.2) is 46.4 Å². The predicted octanol–water partition coefficient (Wildman–Crippen LogP) is 4.65. The van der Waals surface area contributed by atoms with Gasteiger partial charge in [-0.3, -0.25) is 15.5 Å². The quantitative estimate of drug-likeness (QED) is 0.231. The molecule has 0 heterocycles. The minimum absolute atomic E-state index is 0.0682. The summed E-state index contributed by atoms with van der Waals surface area (Å²) >= 11 is 0. The number of hydrogen-bond donors (Lipinski definition) is 1. The number of sulfonamides is 1. The lowest BCUT2D eigenvalue weighted by molar-refractivity contribution is -0.384. The molecule has 0 saturated carbocycles. The van der Waals surface area contributed by atoms with Crippen molar-refractivity contribution in [1.82, 2.24) is 4.31 Å². The van der Waals surface area contributed by atoms with Crippen LogP contribution in [0.5, 0.6) is 11.5 Å². The standard InChI is InChI=1S/C23H32N4O6S/c1-5-13-32-19-10-9-18(23(15-19)33-14-6-2)17-24-25-21-12-11-20(16-22(21)27(28)29)34(30,31)26(7-3)8-4/h9-12,15-17,25H,5-8,13-14H2,1-4H3. The lowest BCUT2D eigenvalue weighted by Gasteiger charge is -2.18. The van der Waals surface area contributed by atoms with Crippen molar-refractivity contribution in [2.75, 3.05) is 31.7 Å². The molecule has 0 fully saturated rings. The Hall–Kier alpha value is -3.18. The number of anilines is 1. The van der Waals surface area contributed by atoms with Crippen molar-refractivity contribution in [3.63, 3.8) is 0 Å². The molecule has 34 heavy (non-hydrogen) atoms. The zero-order valence-corrected chi connectivity index (χ0v) is 20.8. The number of nitro benzene ring substituents is 1. The number of nitro groups is 1. The molecule has 0 aliphatic carbocycles. The van der Waals surface area contributed by atoms with Gasteiger partial charge >= 0.3 is 0 Å². The van der Waals surface area contributed by atoms with Crippen LogP contribution in [0.25, 0.3) is 0 Å². The monoisotopic (exact) mass is 492 g/mol. The van der Waals surface area contributed by atoms with Gasteiger partial charge in [-0.1, -0.05) is 27.7 Å². The topological polar surface area (TPSA) is 123 Å². The zero-order chi connectivity index (χ0) is 25.1. The Bertz CT molecular complexity index is 1100. The molecular formula is C23H32N4O6S. The maximum Gasteiger partial charge on any atom is 0.295 e. The Morgan fingerprint density at radius 2 is 1.71 bits per heavy atom. The first-order valence-corrected chi connectivity index (χ1v) is 12.7. The second kappa shape index (κ2) is 12.9. The summed E-state index contributed by atoms with van der Waals surface area (Å²) in [4.78, 5) is 10.8. The van der Waals surface area contributed by atoms with Crippen LogP contribution in [0, 0.1) is 10.1 Å². The van der Waals surface area contributed by atoms with Gasteiger partial charge in [0, 0.05) is 30.8 Å². The fraction of sp³-hybridized carbons (Fsp3) is 0.435. The number of hydrazone groups is 1. The molecule has 0 saturated heterocycles. The van der Waals surface area contributed by atoms with Gasteiger partial charge in [-0.05, 0) is 37.1 Å². The summed E-state index contributed by atoms with van der Waals surface area (Å²) in [7, 11) is -3.83. The highest BCUT2D eigenvalue weighted by molar-refractivity contribution is 7.89. The van der Waals surface area contributed by atoms with E-state index in [2.05, 4.69) is 10.5 Å². The molecule has 11 heteroatoms. The van der Waals surface area contributed by atoms with Crippen LogP contribution in [-0.4, -0.2) is 50.2 Å². The molecule has 0 amide bonds. The third kappa shape index (κ3) is 6.91. The highest BCUT2D eigenvalue weighted by Crippen LogP contribution is 2.29. The molecule has 2 aromatic rings. The fourth-order valence-electron chi connectivity index (χ4n) is 3.07. The van der Waals surface area contributed by atoms with E-state index in [9.17, 15) is 18.5 Å². The van der Waals surface area contributed by atoms with Gasteiger partial charge in [0.15, 0.2) is 0 Å². The van der Waals surface area contributed by atoms with Gasteiger partial charge in [0.1, 0.15) is 17.2 Å². The maximum absolute atomic E-state index is 12.7. The Balaban J connectivity index is 2.30. The van der Waals surface area contributed by atoms with E-state index in [0.717, 1.165) is 18.9 Å². The number of ether oxygens (including phenoxy) is 2. The third-order valence-corrected chi connectivity index (χ3v) is 6.86. The second-order valence-corrected chi connectivity index (χ2v) is 9.23. The number of nitrogens with one attached hydrogen (secondary N) is 1. The summed E-state index contributed by atoms with van der Waals surface area (Å²) in [5, 5.41) is 15.7. The number of nitrogens with zero attached hydrogens (tertiary/aromatic N) is 3. The normalized spacial score (nSPS) is 11.7. The van der Waals surface area contributed by atoms with Gasteiger partial charge in [-0.2, -0.15) is 9.41 Å². The smallest absolute Gasteiger partial charge is 0.295 e. The van der Waals surface area contributed by atoms with Crippen LogP contribution in [0.2, 0.25) is 0 Å². The van der Waals surface area contributed by atoms with Crippen LogP contribution in [-0.2, 0) is 10.0 Å². The van der Waals surface area contributed by atoms with Gasteiger partial charge in [0.05, 0.1) is 29.2 Å². The SMILES string of the molecule is CCCOc1ccc(C=NNc2ccc(S(=O)(=O)N(CC)CC)cc2[N+](=O)[O-])c(OCCC)c1. The van der Waals surface area contributed by atoms with E-state index >= 15 is 0 Å².